The largest absolute Gasteiger partial charge is 0.372 e. The molecule has 2 saturated heterocycles. The molecule has 2 aromatic rings. The molecule has 1 amide bonds. The number of carbonyl (C=O) groups is 1. The fraction of sp³-hybridized carbons (Fsp3) is 0.611. The highest BCUT2D eigenvalue weighted by molar-refractivity contribution is 7.13. The van der Waals surface area contributed by atoms with Gasteiger partial charge in [-0.1, -0.05) is 5.16 Å². The number of aromatic nitrogens is 2. The standard InChI is InChI=1S/C18H24N4O3S/c1-13-3-4-15(26-13)17(23)22-7-5-18(6-8-22)12-21(9-10-24-18)11-16-19-14(2)20-25-16/h3-4H,5-12H2,1-2H3. The van der Waals surface area contributed by atoms with E-state index in [2.05, 4.69) is 15.0 Å². The summed E-state index contributed by atoms with van der Waals surface area (Å²) < 4.78 is 11.4. The Bertz CT molecular complexity index is 779. The Kier molecular flexibility index (Phi) is 4.81. The molecule has 2 aliphatic heterocycles. The number of amides is 1. The molecule has 2 aliphatic rings. The maximum atomic E-state index is 12.6. The molecular weight excluding hydrogens is 352 g/mol. The van der Waals surface area contributed by atoms with Gasteiger partial charge in [0.05, 0.1) is 23.6 Å². The van der Waals surface area contributed by atoms with E-state index in [-0.39, 0.29) is 11.5 Å². The van der Waals surface area contributed by atoms with E-state index in [1.165, 1.54) is 4.88 Å². The second-order valence-electron chi connectivity index (χ2n) is 7.18. The van der Waals surface area contributed by atoms with Crippen LogP contribution in [0.3, 0.4) is 0 Å². The van der Waals surface area contributed by atoms with Crippen LogP contribution in [-0.2, 0) is 11.3 Å². The van der Waals surface area contributed by atoms with Gasteiger partial charge < -0.3 is 14.2 Å². The maximum absolute atomic E-state index is 12.6. The summed E-state index contributed by atoms with van der Waals surface area (Å²) in [5.74, 6) is 1.46. The fourth-order valence-corrected chi connectivity index (χ4v) is 4.61. The SMILES string of the molecule is Cc1noc(CN2CCOC3(CCN(C(=O)c4ccc(C)s4)CC3)C2)n1. The Morgan fingerprint density at radius 2 is 2.08 bits per heavy atom. The van der Waals surface area contributed by atoms with Crippen molar-refractivity contribution in [2.75, 3.05) is 32.8 Å². The first-order chi connectivity index (χ1) is 12.5. The molecule has 0 aromatic carbocycles. The predicted molar refractivity (Wildman–Crippen MR) is 97.2 cm³/mol. The number of hydrogen-bond donors (Lipinski definition) is 0. The zero-order valence-corrected chi connectivity index (χ0v) is 16.0. The average molecular weight is 376 g/mol. The van der Waals surface area contributed by atoms with E-state index < -0.39 is 0 Å². The Hall–Kier alpha value is -1.77. The molecule has 1 spiro atoms. The lowest BCUT2D eigenvalue weighted by Crippen LogP contribution is -2.57. The third-order valence-electron chi connectivity index (χ3n) is 5.17. The first kappa shape index (κ1) is 17.6. The van der Waals surface area contributed by atoms with Crippen molar-refractivity contribution in [3.8, 4) is 0 Å². The zero-order valence-electron chi connectivity index (χ0n) is 15.2. The van der Waals surface area contributed by atoms with Crippen molar-refractivity contribution in [3.05, 3.63) is 33.6 Å². The van der Waals surface area contributed by atoms with Gasteiger partial charge in [-0.3, -0.25) is 9.69 Å². The Labute approximate surface area is 156 Å². The topological polar surface area (TPSA) is 71.7 Å². The predicted octanol–water partition coefficient (Wildman–Crippen LogP) is 2.26. The number of aryl methyl sites for hydroxylation is 2. The molecule has 0 saturated carbocycles. The van der Waals surface area contributed by atoms with Crippen molar-refractivity contribution in [2.24, 2.45) is 0 Å². The van der Waals surface area contributed by atoms with Gasteiger partial charge in [0, 0.05) is 31.1 Å². The number of rotatable bonds is 3. The van der Waals surface area contributed by atoms with Crippen molar-refractivity contribution in [1.82, 2.24) is 19.9 Å². The van der Waals surface area contributed by atoms with Gasteiger partial charge in [-0.05, 0) is 38.8 Å². The second kappa shape index (κ2) is 7.09. The van der Waals surface area contributed by atoms with E-state index in [1.807, 2.05) is 30.9 Å². The van der Waals surface area contributed by atoms with Crippen molar-refractivity contribution in [1.29, 1.82) is 0 Å². The number of ether oxygens (including phenoxy) is 1. The van der Waals surface area contributed by atoms with E-state index in [9.17, 15) is 4.79 Å². The van der Waals surface area contributed by atoms with Gasteiger partial charge in [-0.2, -0.15) is 4.98 Å². The quantitative estimate of drug-likeness (QED) is 0.818. The minimum Gasteiger partial charge on any atom is -0.372 e. The maximum Gasteiger partial charge on any atom is 0.263 e. The lowest BCUT2D eigenvalue weighted by molar-refractivity contribution is -0.135. The summed E-state index contributed by atoms with van der Waals surface area (Å²) in [6.07, 6.45) is 1.73. The van der Waals surface area contributed by atoms with Gasteiger partial charge in [-0.25, -0.2) is 0 Å². The van der Waals surface area contributed by atoms with E-state index in [0.29, 0.717) is 24.9 Å². The molecule has 26 heavy (non-hydrogen) atoms. The minimum atomic E-state index is -0.171. The van der Waals surface area contributed by atoms with Gasteiger partial charge in [0.2, 0.25) is 5.89 Å². The number of likely N-dealkylation sites (tertiary alicyclic amines) is 1. The van der Waals surface area contributed by atoms with Crippen molar-refractivity contribution in [2.45, 2.75) is 38.8 Å². The van der Waals surface area contributed by atoms with Gasteiger partial charge in [0.25, 0.3) is 5.91 Å². The van der Waals surface area contributed by atoms with Crippen LogP contribution in [0.1, 0.15) is 39.1 Å². The first-order valence-corrected chi connectivity index (χ1v) is 9.86. The lowest BCUT2D eigenvalue weighted by atomic mass is 9.89. The van der Waals surface area contributed by atoms with Crippen LogP contribution in [0.4, 0.5) is 0 Å². The van der Waals surface area contributed by atoms with E-state index in [4.69, 9.17) is 9.26 Å². The molecule has 2 fully saturated rings. The summed E-state index contributed by atoms with van der Waals surface area (Å²) in [5, 5.41) is 3.86. The van der Waals surface area contributed by atoms with Gasteiger partial charge in [0.15, 0.2) is 5.82 Å². The molecule has 140 valence electrons. The Morgan fingerprint density at radius 1 is 1.27 bits per heavy atom. The van der Waals surface area contributed by atoms with Crippen LogP contribution in [0.5, 0.6) is 0 Å². The highest BCUT2D eigenvalue weighted by Gasteiger charge is 2.41. The summed E-state index contributed by atoms with van der Waals surface area (Å²) in [4.78, 5) is 23.2. The van der Waals surface area contributed by atoms with E-state index >= 15 is 0 Å². The van der Waals surface area contributed by atoms with Crippen molar-refractivity contribution >= 4 is 17.2 Å². The summed E-state index contributed by atoms with van der Waals surface area (Å²) in [5.41, 5.74) is -0.171. The molecular formula is C18H24N4O3S. The van der Waals surface area contributed by atoms with E-state index in [0.717, 1.165) is 43.9 Å². The fourth-order valence-electron chi connectivity index (χ4n) is 3.78. The van der Waals surface area contributed by atoms with Crippen LogP contribution in [-0.4, -0.2) is 64.2 Å². The highest BCUT2D eigenvalue weighted by atomic mass is 32.1. The number of hydrogen-bond acceptors (Lipinski definition) is 7. The monoisotopic (exact) mass is 376 g/mol. The zero-order chi connectivity index (χ0) is 18.1. The summed E-state index contributed by atoms with van der Waals surface area (Å²) in [7, 11) is 0. The number of thiophene rings is 1. The molecule has 7 nitrogen and oxygen atoms in total. The molecule has 0 radical (unpaired) electrons. The molecule has 0 unspecified atom stereocenters. The first-order valence-electron chi connectivity index (χ1n) is 9.04. The molecule has 0 N–H and O–H groups in total. The normalized spacial score (nSPS) is 20.6. The summed E-state index contributed by atoms with van der Waals surface area (Å²) >= 11 is 1.57. The van der Waals surface area contributed by atoms with E-state index in [1.54, 1.807) is 11.3 Å². The molecule has 0 bridgehead atoms. The number of piperidine rings is 1. The lowest BCUT2D eigenvalue weighted by Gasteiger charge is -2.47. The van der Waals surface area contributed by atoms with Gasteiger partial charge in [-0.15, -0.1) is 11.3 Å². The van der Waals surface area contributed by atoms with Crippen molar-refractivity contribution in [3.63, 3.8) is 0 Å². The number of morpholine rings is 1. The Morgan fingerprint density at radius 3 is 2.73 bits per heavy atom. The molecule has 0 atom stereocenters. The number of nitrogens with zero attached hydrogens (tertiary/aromatic N) is 4. The van der Waals surface area contributed by atoms with Crippen LogP contribution < -0.4 is 0 Å². The number of carbonyl (C=O) groups excluding carboxylic acids is 1. The summed E-state index contributed by atoms with van der Waals surface area (Å²) in [6.45, 7) is 8.40. The average Bonchev–Trinajstić information content (AvgIpc) is 3.23. The van der Waals surface area contributed by atoms with Crippen LogP contribution in [0.2, 0.25) is 0 Å². The molecule has 2 aromatic heterocycles. The molecule has 4 rings (SSSR count). The molecule has 0 aliphatic carbocycles. The Balaban J connectivity index is 1.35. The minimum absolute atomic E-state index is 0.145. The third-order valence-corrected chi connectivity index (χ3v) is 6.16. The highest BCUT2D eigenvalue weighted by Crippen LogP contribution is 2.31. The summed E-state index contributed by atoms with van der Waals surface area (Å²) in [6, 6.07) is 3.93. The van der Waals surface area contributed by atoms with Crippen LogP contribution in [0.15, 0.2) is 16.7 Å². The van der Waals surface area contributed by atoms with Gasteiger partial charge in [0.1, 0.15) is 0 Å². The molecule has 8 heteroatoms. The second-order valence-corrected chi connectivity index (χ2v) is 8.47. The third kappa shape index (κ3) is 3.67. The van der Waals surface area contributed by atoms with Crippen molar-refractivity contribution < 1.29 is 14.1 Å². The van der Waals surface area contributed by atoms with Crippen LogP contribution in [0, 0.1) is 13.8 Å². The molecule has 4 heterocycles. The smallest absolute Gasteiger partial charge is 0.263 e. The van der Waals surface area contributed by atoms with Crippen LogP contribution >= 0.6 is 11.3 Å². The van der Waals surface area contributed by atoms with Crippen LogP contribution in [0.25, 0.3) is 0 Å². The van der Waals surface area contributed by atoms with Gasteiger partial charge >= 0.3 is 0 Å².